The molecule has 0 aliphatic rings. The topological polar surface area (TPSA) is 94.8 Å². The Labute approximate surface area is 198 Å². The molecule has 4 aromatic rings. The maximum absolute atomic E-state index is 13.1. The summed E-state index contributed by atoms with van der Waals surface area (Å²) in [5.74, 6) is 0.123. The molecule has 0 radical (unpaired) electrons. The minimum Gasteiger partial charge on any atom is -0.424 e. The van der Waals surface area contributed by atoms with Crippen LogP contribution in [0.4, 0.5) is 18.9 Å². The van der Waals surface area contributed by atoms with Crippen LogP contribution in [0.5, 0.6) is 11.8 Å². The van der Waals surface area contributed by atoms with Crippen molar-refractivity contribution in [2.75, 3.05) is 5.32 Å². The van der Waals surface area contributed by atoms with Gasteiger partial charge in [-0.2, -0.15) is 18.3 Å². The number of aryl methyl sites for hydroxylation is 1. The number of amides is 1. The summed E-state index contributed by atoms with van der Waals surface area (Å²) in [6.45, 7) is 5.53. The Morgan fingerprint density at radius 2 is 1.80 bits per heavy atom. The van der Waals surface area contributed by atoms with Crippen LogP contribution in [0.25, 0.3) is 5.82 Å². The van der Waals surface area contributed by atoms with E-state index in [0.29, 0.717) is 22.7 Å². The summed E-state index contributed by atoms with van der Waals surface area (Å²) in [6, 6.07) is 9.15. The van der Waals surface area contributed by atoms with Crippen LogP contribution in [0, 0.1) is 6.92 Å². The van der Waals surface area contributed by atoms with Gasteiger partial charge in [0.15, 0.2) is 5.82 Å². The normalized spacial score (nSPS) is 11.5. The third-order valence-electron chi connectivity index (χ3n) is 5.09. The summed E-state index contributed by atoms with van der Waals surface area (Å²) in [6.07, 6.45) is 0.763. The molecule has 35 heavy (non-hydrogen) atoms. The summed E-state index contributed by atoms with van der Waals surface area (Å²) in [7, 11) is 0. The summed E-state index contributed by atoms with van der Waals surface area (Å²) in [5, 5.41) is 7.08. The highest BCUT2D eigenvalue weighted by Gasteiger charge is 2.31. The summed E-state index contributed by atoms with van der Waals surface area (Å²) in [5.41, 5.74) is 1.26. The molecule has 3 aromatic heterocycles. The molecule has 0 aliphatic heterocycles. The van der Waals surface area contributed by atoms with Crippen molar-refractivity contribution >= 4 is 11.6 Å². The maximum Gasteiger partial charge on any atom is 0.417 e. The molecule has 11 heteroatoms. The first-order chi connectivity index (χ1) is 16.6. The van der Waals surface area contributed by atoms with Gasteiger partial charge in [-0.25, -0.2) is 19.6 Å². The highest BCUT2D eigenvalue weighted by atomic mass is 19.4. The molecule has 0 saturated carbocycles. The molecule has 1 aromatic carbocycles. The smallest absolute Gasteiger partial charge is 0.417 e. The number of nitrogens with zero attached hydrogens (tertiary/aromatic N) is 5. The zero-order valence-electron chi connectivity index (χ0n) is 19.0. The number of carbonyl (C=O) groups is 1. The molecule has 0 bridgehead atoms. The molecule has 0 unspecified atom stereocenters. The zero-order chi connectivity index (χ0) is 25.2. The van der Waals surface area contributed by atoms with Crippen molar-refractivity contribution in [3.05, 3.63) is 83.6 Å². The second-order valence-electron chi connectivity index (χ2n) is 7.98. The number of alkyl halides is 3. The Morgan fingerprint density at radius 1 is 1.06 bits per heavy atom. The molecule has 0 saturated heterocycles. The number of anilines is 1. The van der Waals surface area contributed by atoms with Crippen molar-refractivity contribution < 1.29 is 22.7 Å². The second kappa shape index (κ2) is 9.53. The van der Waals surface area contributed by atoms with Gasteiger partial charge in [0.25, 0.3) is 5.91 Å². The first kappa shape index (κ1) is 23.9. The number of rotatable bonds is 6. The minimum absolute atomic E-state index is 0.162. The van der Waals surface area contributed by atoms with Crippen LogP contribution in [-0.2, 0) is 6.18 Å². The molecule has 3 heterocycles. The number of ether oxygens (including phenoxy) is 1. The van der Waals surface area contributed by atoms with Crippen LogP contribution >= 0.6 is 0 Å². The summed E-state index contributed by atoms with van der Waals surface area (Å²) >= 11 is 0. The Kier molecular flexibility index (Phi) is 6.50. The molecule has 0 aliphatic carbocycles. The van der Waals surface area contributed by atoms with Gasteiger partial charge >= 0.3 is 12.2 Å². The Balaban J connectivity index is 1.57. The quantitative estimate of drug-likeness (QED) is 0.387. The molecule has 0 atom stereocenters. The van der Waals surface area contributed by atoms with Gasteiger partial charge in [-0.05, 0) is 54.8 Å². The van der Waals surface area contributed by atoms with Crippen molar-refractivity contribution in [3.8, 4) is 17.6 Å². The van der Waals surface area contributed by atoms with E-state index in [1.54, 1.807) is 36.7 Å². The lowest BCUT2D eigenvalue weighted by atomic mass is 10.0. The number of hydrogen-bond acceptors (Lipinski definition) is 6. The summed E-state index contributed by atoms with van der Waals surface area (Å²) in [4.78, 5) is 25.0. The standard InChI is InChI=1S/C24H21F3N6O2/c1-14(2)21-18(13-31-33(21)20-8-5-16(12-30-20)24(25,26)27)22(34)32-19-7-6-17(11-15(19)3)35-23-28-9-4-10-29-23/h4-14H,1-3H3,(H,32,34). The largest absolute Gasteiger partial charge is 0.424 e. The molecule has 1 amide bonds. The lowest BCUT2D eigenvalue weighted by Crippen LogP contribution is -2.16. The van der Waals surface area contributed by atoms with Crippen LogP contribution in [0.15, 0.2) is 61.2 Å². The third-order valence-corrected chi connectivity index (χ3v) is 5.09. The number of benzene rings is 1. The van der Waals surface area contributed by atoms with Gasteiger partial charge in [0.05, 0.1) is 23.0 Å². The van der Waals surface area contributed by atoms with Gasteiger partial charge < -0.3 is 10.1 Å². The third kappa shape index (κ3) is 5.29. The van der Waals surface area contributed by atoms with Gasteiger partial charge in [-0.3, -0.25) is 4.79 Å². The Bertz CT molecular complexity index is 1340. The summed E-state index contributed by atoms with van der Waals surface area (Å²) < 4.78 is 45.6. The molecule has 4 rings (SSSR count). The van der Waals surface area contributed by atoms with Gasteiger partial charge in [-0.1, -0.05) is 13.8 Å². The number of carbonyl (C=O) groups excluding carboxylic acids is 1. The maximum atomic E-state index is 13.1. The SMILES string of the molecule is Cc1cc(Oc2ncccn2)ccc1NC(=O)c1cnn(-c2ccc(C(F)(F)F)cn2)c1C(C)C. The molecule has 8 nitrogen and oxygen atoms in total. The average Bonchev–Trinajstić information content (AvgIpc) is 3.27. The van der Waals surface area contributed by atoms with Crippen LogP contribution in [-0.4, -0.2) is 30.6 Å². The average molecular weight is 482 g/mol. The van der Waals surface area contributed by atoms with Gasteiger partial charge in [0.1, 0.15) is 5.75 Å². The number of nitrogens with one attached hydrogen (secondary N) is 1. The van der Waals surface area contributed by atoms with Crippen molar-refractivity contribution in [2.24, 2.45) is 0 Å². The van der Waals surface area contributed by atoms with Gasteiger partial charge in [0, 0.05) is 24.3 Å². The number of pyridine rings is 1. The van der Waals surface area contributed by atoms with E-state index in [1.807, 2.05) is 20.8 Å². The molecule has 0 fully saturated rings. The van der Waals surface area contributed by atoms with Crippen molar-refractivity contribution in [1.29, 1.82) is 0 Å². The predicted octanol–water partition coefficient (Wildman–Crippen LogP) is 5.55. The predicted molar refractivity (Wildman–Crippen MR) is 122 cm³/mol. The minimum atomic E-state index is -4.49. The highest BCUT2D eigenvalue weighted by molar-refractivity contribution is 6.05. The molecular formula is C24H21F3N6O2. The molecule has 0 spiro atoms. The fourth-order valence-corrected chi connectivity index (χ4v) is 3.42. The first-order valence-corrected chi connectivity index (χ1v) is 10.6. The van der Waals surface area contributed by atoms with E-state index in [-0.39, 0.29) is 17.7 Å². The highest BCUT2D eigenvalue weighted by Crippen LogP contribution is 2.30. The molecular weight excluding hydrogens is 461 g/mol. The second-order valence-corrected chi connectivity index (χ2v) is 7.98. The first-order valence-electron chi connectivity index (χ1n) is 10.6. The van der Waals surface area contributed by atoms with Crippen molar-refractivity contribution in [3.63, 3.8) is 0 Å². The lowest BCUT2D eigenvalue weighted by molar-refractivity contribution is -0.137. The molecule has 1 N–H and O–H groups in total. The Hall–Kier alpha value is -4.28. The van der Waals surface area contributed by atoms with Crippen LogP contribution in [0.1, 0.15) is 46.9 Å². The van der Waals surface area contributed by atoms with E-state index < -0.39 is 17.6 Å². The van der Waals surface area contributed by atoms with Crippen molar-refractivity contribution in [1.82, 2.24) is 24.7 Å². The monoisotopic (exact) mass is 482 g/mol. The number of halogens is 3. The fourth-order valence-electron chi connectivity index (χ4n) is 3.42. The van der Waals surface area contributed by atoms with Gasteiger partial charge in [-0.15, -0.1) is 0 Å². The van der Waals surface area contributed by atoms with E-state index in [2.05, 4.69) is 25.4 Å². The van der Waals surface area contributed by atoms with E-state index >= 15 is 0 Å². The van der Waals surface area contributed by atoms with Crippen LogP contribution in [0.3, 0.4) is 0 Å². The molecule has 180 valence electrons. The number of aromatic nitrogens is 5. The fraction of sp³-hybridized carbons (Fsp3) is 0.208. The van der Waals surface area contributed by atoms with E-state index in [9.17, 15) is 18.0 Å². The number of hydrogen-bond donors (Lipinski definition) is 1. The lowest BCUT2D eigenvalue weighted by Gasteiger charge is -2.14. The van der Waals surface area contributed by atoms with Gasteiger partial charge in [0.2, 0.25) is 0 Å². The van der Waals surface area contributed by atoms with E-state index in [1.165, 1.54) is 16.9 Å². The van der Waals surface area contributed by atoms with Crippen molar-refractivity contribution in [2.45, 2.75) is 32.9 Å². The van der Waals surface area contributed by atoms with E-state index in [4.69, 9.17) is 4.74 Å². The zero-order valence-corrected chi connectivity index (χ0v) is 19.0. The van der Waals surface area contributed by atoms with Crippen LogP contribution < -0.4 is 10.1 Å². The Morgan fingerprint density at radius 3 is 2.40 bits per heavy atom. The van der Waals surface area contributed by atoms with Crippen LogP contribution in [0.2, 0.25) is 0 Å². The van der Waals surface area contributed by atoms with E-state index in [0.717, 1.165) is 17.8 Å².